The maximum absolute atomic E-state index is 11.7. The third kappa shape index (κ3) is 6.25. The number of benzene rings is 1. The normalized spacial score (nSPS) is 11.5. The van der Waals surface area contributed by atoms with Crippen molar-refractivity contribution in [3.63, 3.8) is 0 Å². The number of aryl methyl sites for hydroxylation is 2. The lowest BCUT2D eigenvalue weighted by Crippen LogP contribution is -2.09. The molecule has 0 amide bonds. The van der Waals surface area contributed by atoms with Gasteiger partial charge in [0.1, 0.15) is 5.78 Å². The highest BCUT2D eigenvalue weighted by Gasteiger charge is 2.12. The zero-order valence-electron chi connectivity index (χ0n) is 11.5. The Hall–Kier alpha value is -1.11. The van der Waals surface area contributed by atoms with Crippen molar-refractivity contribution in [2.45, 2.75) is 53.4 Å². The summed E-state index contributed by atoms with van der Waals surface area (Å²) in [5.74, 6) is 0.389. The minimum atomic E-state index is 0.263. The highest BCUT2D eigenvalue weighted by molar-refractivity contribution is 5.78. The van der Waals surface area contributed by atoms with Gasteiger partial charge in [-0.2, -0.15) is 0 Å². The lowest BCUT2D eigenvalue weighted by atomic mass is 9.89. The number of ketones is 1. The van der Waals surface area contributed by atoms with E-state index >= 15 is 0 Å². The maximum atomic E-state index is 11.7. The Bertz CT molecular complexity index is 354. The minimum absolute atomic E-state index is 0.263. The van der Waals surface area contributed by atoms with Crippen molar-refractivity contribution in [1.82, 2.24) is 0 Å². The van der Waals surface area contributed by atoms with Crippen molar-refractivity contribution in [2.75, 3.05) is 0 Å². The Morgan fingerprint density at radius 1 is 1.06 bits per heavy atom. The third-order valence-electron chi connectivity index (χ3n) is 2.97. The van der Waals surface area contributed by atoms with Gasteiger partial charge in [-0.05, 0) is 30.7 Å². The van der Waals surface area contributed by atoms with Gasteiger partial charge in [0.25, 0.3) is 0 Å². The van der Waals surface area contributed by atoms with E-state index in [0.717, 1.165) is 19.3 Å². The molecular formula is C16H24O. The molecule has 1 rings (SSSR count). The molecule has 1 nitrogen and oxygen atoms in total. The number of hydrogen-bond donors (Lipinski definition) is 0. The van der Waals surface area contributed by atoms with Gasteiger partial charge in [-0.25, -0.2) is 0 Å². The summed E-state index contributed by atoms with van der Waals surface area (Å²) in [7, 11) is 0. The smallest absolute Gasteiger partial charge is 0.133 e. The van der Waals surface area contributed by atoms with Crippen molar-refractivity contribution in [3.05, 3.63) is 35.4 Å². The van der Waals surface area contributed by atoms with Gasteiger partial charge in [-0.15, -0.1) is 0 Å². The van der Waals surface area contributed by atoms with Gasteiger partial charge in [-0.3, -0.25) is 4.79 Å². The predicted molar refractivity (Wildman–Crippen MR) is 73.2 cm³/mol. The molecule has 1 heteroatoms. The fourth-order valence-electron chi connectivity index (χ4n) is 1.68. The van der Waals surface area contributed by atoms with E-state index < -0.39 is 0 Å². The fraction of sp³-hybridized carbons (Fsp3) is 0.562. The van der Waals surface area contributed by atoms with Crippen molar-refractivity contribution in [2.24, 2.45) is 5.41 Å². The summed E-state index contributed by atoms with van der Waals surface area (Å²) in [6.07, 6.45) is 3.26. The lowest BCUT2D eigenvalue weighted by Gasteiger charge is -2.16. The molecule has 0 atom stereocenters. The SMILES string of the molecule is Cc1ccc(CCC(=O)CCC(C)(C)C)cc1. The van der Waals surface area contributed by atoms with Crippen LogP contribution in [0.25, 0.3) is 0 Å². The Morgan fingerprint density at radius 2 is 1.65 bits per heavy atom. The average Bonchev–Trinajstić information content (AvgIpc) is 2.25. The summed E-state index contributed by atoms with van der Waals surface area (Å²) in [6, 6.07) is 8.45. The zero-order valence-corrected chi connectivity index (χ0v) is 11.5. The van der Waals surface area contributed by atoms with Crippen LogP contribution in [-0.2, 0) is 11.2 Å². The van der Waals surface area contributed by atoms with Crippen LogP contribution in [0.3, 0.4) is 0 Å². The van der Waals surface area contributed by atoms with Gasteiger partial charge < -0.3 is 0 Å². The van der Waals surface area contributed by atoms with Crippen LogP contribution >= 0.6 is 0 Å². The third-order valence-corrected chi connectivity index (χ3v) is 2.97. The van der Waals surface area contributed by atoms with Crippen LogP contribution in [0, 0.1) is 12.3 Å². The summed E-state index contributed by atoms with van der Waals surface area (Å²) in [5, 5.41) is 0. The molecule has 17 heavy (non-hydrogen) atoms. The number of carbonyl (C=O) groups is 1. The molecule has 0 radical (unpaired) electrons. The second kappa shape index (κ2) is 6.00. The zero-order chi connectivity index (χ0) is 12.9. The van der Waals surface area contributed by atoms with Crippen LogP contribution in [0.15, 0.2) is 24.3 Å². The Morgan fingerprint density at radius 3 is 2.18 bits per heavy atom. The van der Waals surface area contributed by atoms with Crippen molar-refractivity contribution in [1.29, 1.82) is 0 Å². The van der Waals surface area contributed by atoms with Crippen molar-refractivity contribution >= 4 is 5.78 Å². The first-order valence-electron chi connectivity index (χ1n) is 6.44. The first-order valence-corrected chi connectivity index (χ1v) is 6.44. The molecule has 0 aromatic heterocycles. The van der Waals surface area contributed by atoms with Gasteiger partial charge in [0, 0.05) is 12.8 Å². The fourth-order valence-corrected chi connectivity index (χ4v) is 1.68. The molecule has 0 aliphatic heterocycles. The van der Waals surface area contributed by atoms with Crippen LogP contribution in [0.5, 0.6) is 0 Å². The lowest BCUT2D eigenvalue weighted by molar-refractivity contribution is -0.119. The second-order valence-electron chi connectivity index (χ2n) is 6.08. The number of hydrogen-bond acceptors (Lipinski definition) is 1. The van der Waals surface area contributed by atoms with Crippen molar-refractivity contribution in [3.8, 4) is 0 Å². The Balaban J connectivity index is 2.31. The summed E-state index contributed by atoms with van der Waals surface area (Å²) >= 11 is 0. The Kier molecular flexibility index (Phi) is 4.92. The maximum Gasteiger partial charge on any atom is 0.133 e. The molecule has 1 aromatic rings. The molecule has 1 aromatic carbocycles. The molecule has 0 heterocycles. The van der Waals surface area contributed by atoms with Crippen LogP contribution < -0.4 is 0 Å². The van der Waals surface area contributed by atoms with Gasteiger partial charge in [-0.1, -0.05) is 50.6 Å². The Labute approximate surface area is 105 Å². The number of Topliss-reactive ketones (excluding diaryl/α,β-unsaturated/α-hetero) is 1. The van der Waals surface area contributed by atoms with Crippen LogP contribution in [0.2, 0.25) is 0 Å². The van der Waals surface area contributed by atoms with Gasteiger partial charge in [0.05, 0.1) is 0 Å². The van der Waals surface area contributed by atoms with E-state index in [9.17, 15) is 4.79 Å². The quantitative estimate of drug-likeness (QED) is 0.738. The largest absolute Gasteiger partial charge is 0.300 e. The van der Waals surface area contributed by atoms with Crippen molar-refractivity contribution < 1.29 is 4.79 Å². The standard InChI is InChI=1S/C16H24O/c1-13-5-7-14(8-6-13)9-10-15(17)11-12-16(2,3)4/h5-8H,9-12H2,1-4H3. The monoisotopic (exact) mass is 232 g/mol. The molecule has 0 aliphatic carbocycles. The summed E-state index contributed by atoms with van der Waals surface area (Å²) in [6.45, 7) is 8.62. The summed E-state index contributed by atoms with van der Waals surface area (Å²) in [5.41, 5.74) is 2.80. The molecular weight excluding hydrogens is 208 g/mol. The summed E-state index contributed by atoms with van der Waals surface area (Å²) < 4.78 is 0. The van der Waals surface area contributed by atoms with Gasteiger partial charge in [0.15, 0.2) is 0 Å². The average molecular weight is 232 g/mol. The van der Waals surface area contributed by atoms with Crippen LogP contribution in [0.1, 0.15) is 51.2 Å². The second-order valence-corrected chi connectivity index (χ2v) is 6.08. The van der Waals surface area contributed by atoms with Crippen LogP contribution in [-0.4, -0.2) is 5.78 Å². The first-order chi connectivity index (χ1) is 7.87. The van der Waals surface area contributed by atoms with E-state index in [0.29, 0.717) is 12.2 Å². The highest BCUT2D eigenvalue weighted by Crippen LogP contribution is 2.21. The van der Waals surface area contributed by atoms with Gasteiger partial charge in [0.2, 0.25) is 0 Å². The number of rotatable bonds is 5. The molecule has 0 saturated heterocycles. The molecule has 0 aliphatic rings. The molecule has 0 fully saturated rings. The highest BCUT2D eigenvalue weighted by atomic mass is 16.1. The van der Waals surface area contributed by atoms with E-state index in [1.54, 1.807) is 0 Å². The molecule has 0 N–H and O–H groups in total. The van der Waals surface area contributed by atoms with E-state index in [4.69, 9.17) is 0 Å². The van der Waals surface area contributed by atoms with E-state index in [-0.39, 0.29) is 5.41 Å². The molecule has 0 spiro atoms. The molecule has 0 bridgehead atoms. The van der Waals surface area contributed by atoms with E-state index in [2.05, 4.69) is 52.0 Å². The summed E-state index contributed by atoms with van der Waals surface area (Å²) in [4.78, 5) is 11.7. The topological polar surface area (TPSA) is 17.1 Å². The number of carbonyl (C=O) groups excluding carboxylic acids is 1. The van der Waals surface area contributed by atoms with E-state index in [1.807, 2.05) is 0 Å². The minimum Gasteiger partial charge on any atom is -0.300 e. The molecule has 94 valence electrons. The van der Waals surface area contributed by atoms with Gasteiger partial charge >= 0.3 is 0 Å². The molecule has 0 saturated carbocycles. The molecule has 0 unspecified atom stereocenters. The van der Waals surface area contributed by atoms with E-state index in [1.165, 1.54) is 11.1 Å². The first kappa shape index (κ1) is 14.0. The predicted octanol–water partition coefficient (Wildman–Crippen LogP) is 4.32. The van der Waals surface area contributed by atoms with Crippen LogP contribution in [0.4, 0.5) is 0 Å².